The molecule has 1 fully saturated rings. The van der Waals surface area contributed by atoms with E-state index in [0.29, 0.717) is 6.54 Å². The van der Waals surface area contributed by atoms with Gasteiger partial charge in [0, 0.05) is 25.2 Å². The Morgan fingerprint density at radius 3 is 2.80 bits per heavy atom. The number of likely N-dealkylation sites (tertiary alicyclic amines) is 1. The highest BCUT2D eigenvalue weighted by atomic mass is 79.9. The van der Waals surface area contributed by atoms with Crippen LogP contribution in [0.1, 0.15) is 24.8 Å². The number of amides is 1. The lowest BCUT2D eigenvalue weighted by Gasteiger charge is -2.26. The van der Waals surface area contributed by atoms with E-state index in [-0.39, 0.29) is 12.5 Å². The van der Waals surface area contributed by atoms with Crippen LogP contribution in [0.25, 0.3) is 0 Å². The topological polar surface area (TPSA) is 41.6 Å². The predicted molar refractivity (Wildman–Crippen MR) is 82.8 cm³/mol. The van der Waals surface area contributed by atoms with E-state index < -0.39 is 0 Å². The van der Waals surface area contributed by atoms with Crippen molar-refractivity contribution in [1.82, 2.24) is 10.2 Å². The molecule has 0 atom stereocenters. The minimum atomic E-state index is 0.0795. The van der Waals surface area contributed by atoms with E-state index in [1.54, 1.807) is 0 Å². The van der Waals surface area contributed by atoms with Crippen LogP contribution in [0.15, 0.2) is 22.7 Å². The van der Waals surface area contributed by atoms with Gasteiger partial charge in [0.25, 0.3) is 5.91 Å². The Hall–Kier alpha value is -1.07. The van der Waals surface area contributed by atoms with Crippen LogP contribution in [-0.2, 0) is 11.3 Å². The van der Waals surface area contributed by atoms with Gasteiger partial charge in [-0.3, -0.25) is 4.79 Å². The van der Waals surface area contributed by atoms with Gasteiger partial charge in [-0.1, -0.05) is 12.1 Å². The van der Waals surface area contributed by atoms with Gasteiger partial charge in [0.15, 0.2) is 6.61 Å². The molecule has 4 nitrogen and oxygen atoms in total. The third-order valence-electron chi connectivity index (χ3n) is 3.46. The fraction of sp³-hybridized carbons (Fsp3) is 0.533. The summed E-state index contributed by atoms with van der Waals surface area (Å²) >= 11 is 3.49. The maximum Gasteiger partial charge on any atom is 0.260 e. The quantitative estimate of drug-likeness (QED) is 0.895. The number of benzene rings is 1. The van der Waals surface area contributed by atoms with E-state index in [9.17, 15) is 4.79 Å². The van der Waals surface area contributed by atoms with Crippen LogP contribution in [0.4, 0.5) is 0 Å². The highest BCUT2D eigenvalue weighted by Gasteiger charge is 2.18. The number of rotatable bonds is 5. The van der Waals surface area contributed by atoms with Crippen molar-refractivity contribution >= 4 is 21.8 Å². The number of piperidine rings is 1. The van der Waals surface area contributed by atoms with Crippen molar-refractivity contribution in [1.29, 1.82) is 0 Å². The van der Waals surface area contributed by atoms with Crippen molar-refractivity contribution in [3.63, 3.8) is 0 Å². The summed E-state index contributed by atoms with van der Waals surface area (Å²) in [6, 6.07) is 5.90. The molecule has 1 aromatic rings. The Labute approximate surface area is 128 Å². The SMILES string of the molecule is CNCc1cccc(Br)c1OCC(=O)N1CCCCC1. The van der Waals surface area contributed by atoms with Gasteiger partial charge >= 0.3 is 0 Å². The molecule has 1 saturated heterocycles. The Morgan fingerprint density at radius 2 is 2.10 bits per heavy atom. The Bertz CT molecular complexity index is 459. The first-order valence-corrected chi connectivity index (χ1v) is 7.84. The number of para-hydroxylation sites is 1. The summed E-state index contributed by atoms with van der Waals surface area (Å²) in [6.07, 6.45) is 3.43. The third-order valence-corrected chi connectivity index (χ3v) is 4.09. The second kappa shape index (κ2) is 7.64. The summed E-state index contributed by atoms with van der Waals surface area (Å²) in [4.78, 5) is 14.0. The first kappa shape index (κ1) is 15.3. The maximum absolute atomic E-state index is 12.1. The molecule has 1 N–H and O–H groups in total. The first-order valence-electron chi connectivity index (χ1n) is 7.05. The summed E-state index contributed by atoms with van der Waals surface area (Å²) in [7, 11) is 1.89. The van der Waals surface area contributed by atoms with Crippen molar-refractivity contribution in [3.05, 3.63) is 28.2 Å². The van der Waals surface area contributed by atoms with Crippen LogP contribution in [0, 0.1) is 0 Å². The second-order valence-electron chi connectivity index (χ2n) is 4.99. The molecule has 0 spiro atoms. The van der Waals surface area contributed by atoms with Crippen molar-refractivity contribution in [3.8, 4) is 5.75 Å². The summed E-state index contributed by atoms with van der Waals surface area (Å²) in [5.74, 6) is 0.836. The lowest BCUT2D eigenvalue weighted by Crippen LogP contribution is -2.38. The zero-order valence-corrected chi connectivity index (χ0v) is 13.4. The normalized spacial score (nSPS) is 15.2. The number of ether oxygens (including phenoxy) is 1. The van der Waals surface area contributed by atoms with Gasteiger partial charge in [-0.05, 0) is 48.3 Å². The van der Waals surface area contributed by atoms with E-state index in [1.165, 1.54) is 6.42 Å². The molecule has 5 heteroatoms. The van der Waals surface area contributed by atoms with Crippen LogP contribution in [0.2, 0.25) is 0 Å². The molecule has 2 rings (SSSR count). The van der Waals surface area contributed by atoms with Crippen LogP contribution < -0.4 is 10.1 Å². The number of carbonyl (C=O) groups excluding carboxylic acids is 1. The van der Waals surface area contributed by atoms with Crippen molar-refractivity contribution < 1.29 is 9.53 Å². The lowest BCUT2D eigenvalue weighted by molar-refractivity contribution is -0.134. The molecule has 110 valence electrons. The van der Waals surface area contributed by atoms with Gasteiger partial charge in [0.1, 0.15) is 5.75 Å². The molecule has 1 heterocycles. The molecule has 0 aliphatic carbocycles. The fourth-order valence-electron chi connectivity index (χ4n) is 2.41. The molecular weight excluding hydrogens is 320 g/mol. The van der Waals surface area contributed by atoms with Crippen molar-refractivity contribution in [2.45, 2.75) is 25.8 Å². The molecule has 20 heavy (non-hydrogen) atoms. The standard InChI is InChI=1S/C15H21BrN2O2/c1-17-10-12-6-5-7-13(16)15(12)20-11-14(19)18-8-3-2-4-9-18/h5-7,17H,2-4,8-11H2,1H3. The molecule has 1 amide bonds. The van der Waals surface area contributed by atoms with E-state index in [0.717, 1.165) is 41.7 Å². The number of halogens is 1. The number of hydrogen-bond donors (Lipinski definition) is 1. The van der Waals surface area contributed by atoms with Gasteiger partial charge in [-0.15, -0.1) is 0 Å². The molecule has 0 saturated carbocycles. The third kappa shape index (κ3) is 3.96. The number of carbonyl (C=O) groups is 1. The summed E-state index contributed by atoms with van der Waals surface area (Å²) in [6.45, 7) is 2.55. The predicted octanol–water partition coefficient (Wildman–Crippen LogP) is 2.56. The monoisotopic (exact) mass is 340 g/mol. The Kier molecular flexibility index (Phi) is 5.86. The Balaban J connectivity index is 1.97. The highest BCUT2D eigenvalue weighted by Crippen LogP contribution is 2.29. The molecule has 0 bridgehead atoms. The van der Waals surface area contributed by atoms with Crippen LogP contribution >= 0.6 is 15.9 Å². The maximum atomic E-state index is 12.1. The number of nitrogens with one attached hydrogen (secondary N) is 1. The van der Waals surface area contributed by atoms with Gasteiger partial charge in [0.05, 0.1) is 4.47 Å². The van der Waals surface area contributed by atoms with E-state index >= 15 is 0 Å². The van der Waals surface area contributed by atoms with E-state index in [1.807, 2.05) is 30.1 Å². The average Bonchev–Trinajstić information content (AvgIpc) is 2.47. The highest BCUT2D eigenvalue weighted by molar-refractivity contribution is 9.10. The molecule has 1 aliphatic rings. The molecule has 0 radical (unpaired) electrons. The summed E-state index contributed by atoms with van der Waals surface area (Å²) < 4.78 is 6.64. The zero-order chi connectivity index (χ0) is 14.4. The molecule has 0 aromatic heterocycles. The largest absolute Gasteiger partial charge is 0.482 e. The van der Waals surface area contributed by atoms with Crippen LogP contribution in [0.3, 0.4) is 0 Å². The van der Waals surface area contributed by atoms with E-state index in [2.05, 4.69) is 21.2 Å². The first-order chi connectivity index (χ1) is 9.72. The average molecular weight is 341 g/mol. The second-order valence-corrected chi connectivity index (χ2v) is 5.84. The number of hydrogen-bond acceptors (Lipinski definition) is 3. The van der Waals surface area contributed by atoms with Crippen LogP contribution in [0.5, 0.6) is 5.75 Å². The molecule has 1 aliphatic heterocycles. The van der Waals surface area contributed by atoms with E-state index in [4.69, 9.17) is 4.74 Å². The fourth-order valence-corrected chi connectivity index (χ4v) is 2.94. The zero-order valence-electron chi connectivity index (χ0n) is 11.8. The Morgan fingerprint density at radius 1 is 1.35 bits per heavy atom. The number of nitrogens with zero attached hydrogens (tertiary/aromatic N) is 1. The van der Waals surface area contributed by atoms with Gasteiger partial charge in [-0.2, -0.15) is 0 Å². The van der Waals surface area contributed by atoms with Crippen LogP contribution in [-0.4, -0.2) is 37.6 Å². The minimum absolute atomic E-state index is 0.0795. The smallest absolute Gasteiger partial charge is 0.260 e. The summed E-state index contributed by atoms with van der Waals surface area (Å²) in [5, 5.41) is 3.11. The van der Waals surface area contributed by atoms with Gasteiger partial charge in [-0.25, -0.2) is 0 Å². The van der Waals surface area contributed by atoms with Crippen molar-refractivity contribution in [2.75, 3.05) is 26.7 Å². The van der Waals surface area contributed by atoms with Crippen molar-refractivity contribution in [2.24, 2.45) is 0 Å². The lowest BCUT2D eigenvalue weighted by atomic mass is 10.1. The molecule has 0 unspecified atom stereocenters. The minimum Gasteiger partial charge on any atom is -0.482 e. The molecule has 1 aromatic carbocycles. The summed E-state index contributed by atoms with van der Waals surface area (Å²) in [5.41, 5.74) is 1.05. The van der Waals surface area contributed by atoms with Gasteiger partial charge < -0.3 is 15.0 Å². The molecular formula is C15H21BrN2O2. The van der Waals surface area contributed by atoms with Gasteiger partial charge in [0.2, 0.25) is 0 Å².